The van der Waals surface area contributed by atoms with Crippen LogP contribution in [0, 0.1) is 11.3 Å². The van der Waals surface area contributed by atoms with Crippen LogP contribution in [-0.4, -0.2) is 19.9 Å². The first-order valence-corrected chi connectivity index (χ1v) is 14.5. The molecule has 6 nitrogen and oxygen atoms in total. The highest BCUT2D eigenvalue weighted by molar-refractivity contribution is 6.11. The van der Waals surface area contributed by atoms with Crippen molar-refractivity contribution in [3.05, 3.63) is 145 Å². The molecule has 0 aliphatic carbocycles. The van der Waals surface area contributed by atoms with Crippen LogP contribution in [0.15, 0.2) is 144 Å². The van der Waals surface area contributed by atoms with Gasteiger partial charge in [-0.25, -0.2) is 19.9 Å². The molecule has 0 bridgehead atoms. The molecular formula is C39H23N5O. The van der Waals surface area contributed by atoms with Gasteiger partial charge in [-0.2, -0.15) is 5.26 Å². The van der Waals surface area contributed by atoms with Gasteiger partial charge in [0, 0.05) is 21.9 Å². The Labute approximate surface area is 259 Å². The highest BCUT2D eigenvalue weighted by Crippen LogP contribution is 2.37. The van der Waals surface area contributed by atoms with Crippen molar-refractivity contribution in [1.29, 1.82) is 5.26 Å². The molecule has 8 rings (SSSR count). The van der Waals surface area contributed by atoms with Gasteiger partial charge in [0.2, 0.25) is 5.71 Å². The lowest BCUT2D eigenvalue weighted by atomic mass is 10.00. The zero-order chi connectivity index (χ0) is 30.2. The Morgan fingerprint density at radius 3 is 1.84 bits per heavy atom. The van der Waals surface area contributed by atoms with Crippen molar-refractivity contribution in [2.24, 2.45) is 0 Å². The molecule has 0 atom stereocenters. The predicted octanol–water partition coefficient (Wildman–Crippen LogP) is 9.37. The quantitative estimate of drug-likeness (QED) is 0.202. The molecule has 6 heteroatoms. The zero-order valence-electron chi connectivity index (χ0n) is 23.9. The second-order valence-electron chi connectivity index (χ2n) is 10.6. The summed E-state index contributed by atoms with van der Waals surface area (Å²) in [7, 11) is 0. The van der Waals surface area contributed by atoms with Crippen molar-refractivity contribution in [1.82, 2.24) is 19.9 Å². The lowest BCUT2D eigenvalue weighted by Crippen LogP contribution is -2.01. The van der Waals surface area contributed by atoms with Crippen molar-refractivity contribution in [3.63, 3.8) is 0 Å². The minimum absolute atomic E-state index is 0.454. The van der Waals surface area contributed by atoms with Gasteiger partial charge in [-0.1, -0.05) is 109 Å². The van der Waals surface area contributed by atoms with Crippen LogP contribution < -0.4 is 0 Å². The molecule has 0 saturated carbocycles. The van der Waals surface area contributed by atoms with Crippen LogP contribution in [0.2, 0.25) is 0 Å². The van der Waals surface area contributed by atoms with Crippen LogP contribution in [0.4, 0.5) is 0 Å². The maximum atomic E-state index is 9.31. The lowest BCUT2D eigenvalue weighted by Gasteiger charge is -2.09. The van der Waals surface area contributed by atoms with Gasteiger partial charge in [0.05, 0.1) is 11.6 Å². The molecule has 0 amide bonds. The monoisotopic (exact) mass is 577 g/mol. The number of hydrogen-bond acceptors (Lipinski definition) is 6. The van der Waals surface area contributed by atoms with E-state index in [-0.39, 0.29) is 0 Å². The standard InChI is InChI=1S/C39H23N5O/c40-24-25-9-7-14-30(23-25)26-17-19-29(20-18-26)37-42-36(28-12-5-2-6-13-28)43-38(44-37)33-22-21-32-35-31(27-10-3-1-4-11-27)15-8-16-34(35)45-39(32)41-33/h1-23H. The maximum Gasteiger partial charge on any atom is 0.227 e. The van der Waals surface area contributed by atoms with E-state index in [9.17, 15) is 5.26 Å². The first-order chi connectivity index (χ1) is 22.2. The fraction of sp³-hybridized carbons (Fsp3) is 0. The fourth-order valence-corrected chi connectivity index (χ4v) is 5.61. The molecular weight excluding hydrogens is 554 g/mol. The van der Waals surface area contributed by atoms with E-state index < -0.39 is 0 Å². The molecule has 3 heterocycles. The van der Waals surface area contributed by atoms with E-state index >= 15 is 0 Å². The summed E-state index contributed by atoms with van der Waals surface area (Å²) in [4.78, 5) is 19.5. The summed E-state index contributed by atoms with van der Waals surface area (Å²) in [6, 6.07) is 48.0. The Morgan fingerprint density at radius 1 is 0.489 bits per heavy atom. The van der Waals surface area contributed by atoms with Gasteiger partial charge in [-0.15, -0.1) is 0 Å². The fourth-order valence-electron chi connectivity index (χ4n) is 5.61. The van der Waals surface area contributed by atoms with E-state index in [1.165, 1.54) is 0 Å². The summed E-state index contributed by atoms with van der Waals surface area (Å²) >= 11 is 0. The summed E-state index contributed by atoms with van der Waals surface area (Å²) < 4.78 is 6.28. The average Bonchev–Trinajstić information content (AvgIpc) is 3.50. The lowest BCUT2D eigenvalue weighted by molar-refractivity contribution is 0.654. The minimum Gasteiger partial charge on any atom is -0.438 e. The van der Waals surface area contributed by atoms with E-state index in [2.05, 4.69) is 24.3 Å². The van der Waals surface area contributed by atoms with Gasteiger partial charge in [0.1, 0.15) is 11.3 Å². The molecule has 0 spiro atoms. The molecule has 3 aromatic heterocycles. The summed E-state index contributed by atoms with van der Waals surface area (Å²) in [5.74, 6) is 1.55. The highest BCUT2D eigenvalue weighted by Gasteiger charge is 2.17. The Balaban J connectivity index is 1.24. The number of rotatable bonds is 5. The molecule has 0 fully saturated rings. The molecule has 0 unspecified atom stereocenters. The molecule has 0 aliphatic heterocycles. The van der Waals surface area contributed by atoms with E-state index in [4.69, 9.17) is 24.4 Å². The number of nitriles is 1. The van der Waals surface area contributed by atoms with Crippen molar-refractivity contribution in [2.75, 3.05) is 0 Å². The van der Waals surface area contributed by atoms with Gasteiger partial charge in [-0.05, 0) is 52.6 Å². The number of pyridine rings is 1. The number of aromatic nitrogens is 4. The smallest absolute Gasteiger partial charge is 0.227 e. The van der Waals surface area contributed by atoms with E-state index in [1.807, 2.05) is 115 Å². The Morgan fingerprint density at radius 2 is 1.11 bits per heavy atom. The average molecular weight is 578 g/mol. The molecule has 0 radical (unpaired) electrons. The normalized spacial score (nSPS) is 11.1. The van der Waals surface area contributed by atoms with Gasteiger partial charge in [-0.3, -0.25) is 0 Å². The van der Waals surface area contributed by atoms with Gasteiger partial charge in [0.15, 0.2) is 17.5 Å². The van der Waals surface area contributed by atoms with Gasteiger partial charge < -0.3 is 4.42 Å². The largest absolute Gasteiger partial charge is 0.438 e. The van der Waals surface area contributed by atoms with Crippen LogP contribution in [-0.2, 0) is 0 Å². The zero-order valence-corrected chi connectivity index (χ0v) is 23.9. The van der Waals surface area contributed by atoms with Crippen molar-refractivity contribution >= 4 is 22.1 Å². The second-order valence-corrected chi connectivity index (χ2v) is 10.6. The first-order valence-electron chi connectivity index (χ1n) is 14.5. The molecule has 0 N–H and O–H groups in total. The topological polar surface area (TPSA) is 88.5 Å². The van der Waals surface area contributed by atoms with Crippen molar-refractivity contribution in [3.8, 4) is 62.6 Å². The Hall–Kier alpha value is -6.45. The summed E-state index contributed by atoms with van der Waals surface area (Å²) in [6.07, 6.45) is 0. The first kappa shape index (κ1) is 26.2. The Bertz CT molecular complexity index is 2370. The van der Waals surface area contributed by atoms with Crippen LogP contribution in [0.5, 0.6) is 0 Å². The van der Waals surface area contributed by atoms with Gasteiger partial charge in [0.25, 0.3) is 0 Å². The summed E-state index contributed by atoms with van der Waals surface area (Å²) in [6.45, 7) is 0. The molecule has 5 aromatic carbocycles. The van der Waals surface area contributed by atoms with Crippen LogP contribution in [0.25, 0.3) is 78.6 Å². The maximum absolute atomic E-state index is 9.31. The SMILES string of the molecule is N#Cc1cccc(-c2ccc(-c3nc(-c4ccccc4)nc(-c4ccc5c(n4)oc4cccc(-c6ccccc6)c45)n3)cc2)c1. The third-order valence-electron chi connectivity index (χ3n) is 7.81. The van der Waals surface area contributed by atoms with E-state index in [0.717, 1.165) is 49.7 Å². The number of fused-ring (bicyclic) bond motifs is 3. The summed E-state index contributed by atoms with van der Waals surface area (Å²) in [5, 5.41) is 11.3. The van der Waals surface area contributed by atoms with E-state index in [1.54, 1.807) is 6.07 Å². The third-order valence-corrected chi connectivity index (χ3v) is 7.81. The Kier molecular flexibility index (Phi) is 6.40. The molecule has 45 heavy (non-hydrogen) atoms. The predicted molar refractivity (Wildman–Crippen MR) is 177 cm³/mol. The van der Waals surface area contributed by atoms with E-state index in [0.29, 0.717) is 34.4 Å². The second kappa shape index (κ2) is 11.0. The number of furan rings is 1. The molecule has 0 saturated heterocycles. The van der Waals surface area contributed by atoms with Crippen LogP contribution in [0.1, 0.15) is 5.56 Å². The summed E-state index contributed by atoms with van der Waals surface area (Å²) in [5.41, 5.74) is 8.42. The van der Waals surface area contributed by atoms with Crippen molar-refractivity contribution < 1.29 is 4.42 Å². The highest BCUT2D eigenvalue weighted by atomic mass is 16.3. The molecule has 210 valence electrons. The third kappa shape index (κ3) is 4.89. The van der Waals surface area contributed by atoms with Gasteiger partial charge >= 0.3 is 0 Å². The van der Waals surface area contributed by atoms with Crippen LogP contribution in [0.3, 0.4) is 0 Å². The number of hydrogen-bond donors (Lipinski definition) is 0. The van der Waals surface area contributed by atoms with Crippen molar-refractivity contribution in [2.45, 2.75) is 0 Å². The molecule has 8 aromatic rings. The minimum atomic E-state index is 0.454. The number of nitrogens with zero attached hydrogens (tertiary/aromatic N) is 5. The number of benzene rings is 5. The van der Waals surface area contributed by atoms with Crippen LogP contribution >= 0.6 is 0 Å². The molecule has 0 aliphatic rings.